The Kier molecular flexibility index (Phi) is 4.99. The van der Waals surface area contributed by atoms with Gasteiger partial charge in [0.05, 0.1) is 17.6 Å². The lowest BCUT2D eigenvalue weighted by atomic mass is 9.73. The van der Waals surface area contributed by atoms with Gasteiger partial charge in [0.15, 0.2) is 0 Å². The van der Waals surface area contributed by atoms with Gasteiger partial charge in [0.1, 0.15) is 0 Å². The fourth-order valence-corrected chi connectivity index (χ4v) is 3.88. The first-order valence-corrected chi connectivity index (χ1v) is 8.73. The van der Waals surface area contributed by atoms with E-state index < -0.39 is 0 Å². The average Bonchev–Trinajstić information content (AvgIpc) is 2.89. The van der Waals surface area contributed by atoms with E-state index in [1.54, 1.807) is 12.1 Å². The van der Waals surface area contributed by atoms with Gasteiger partial charge in [-0.15, -0.1) is 0 Å². The quantitative estimate of drug-likeness (QED) is 0.618. The van der Waals surface area contributed by atoms with Gasteiger partial charge in [0.25, 0.3) is 0 Å². The van der Waals surface area contributed by atoms with Crippen LogP contribution in [0, 0.1) is 5.41 Å². The Labute approximate surface area is 137 Å². The Balaban J connectivity index is 1.41. The third-order valence-electron chi connectivity index (χ3n) is 5.23. The van der Waals surface area contributed by atoms with Crippen molar-refractivity contribution in [3.05, 3.63) is 35.9 Å². The van der Waals surface area contributed by atoms with Gasteiger partial charge < -0.3 is 9.64 Å². The number of benzene rings is 1. The van der Waals surface area contributed by atoms with Gasteiger partial charge in [-0.1, -0.05) is 37.5 Å². The van der Waals surface area contributed by atoms with E-state index in [1.807, 2.05) is 23.1 Å². The van der Waals surface area contributed by atoms with Gasteiger partial charge in [0, 0.05) is 13.1 Å². The van der Waals surface area contributed by atoms with Crippen molar-refractivity contribution in [1.29, 1.82) is 0 Å². The van der Waals surface area contributed by atoms with Gasteiger partial charge in [0.2, 0.25) is 5.91 Å². The first-order valence-electron chi connectivity index (χ1n) is 8.73. The van der Waals surface area contributed by atoms with Crippen LogP contribution in [0.5, 0.6) is 0 Å². The minimum absolute atomic E-state index is 0.0566. The molecule has 2 aliphatic rings. The molecule has 1 amide bonds. The summed E-state index contributed by atoms with van der Waals surface area (Å²) in [5.41, 5.74) is 0.518. The van der Waals surface area contributed by atoms with Crippen molar-refractivity contribution in [2.45, 2.75) is 44.9 Å². The molecule has 0 bridgehead atoms. The molecule has 0 unspecified atom stereocenters. The van der Waals surface area contributed by atoms with Crippen LogP contribution < -0.4 is 0 Å². The van der Waals surface area contributed by atoms with Gasteiger partial charge in [-0.3, -0.25) is 4.79 Å². The highest BCUT2D eigenvalue weighted by molar-refractivity contribution is 5.89. The second-order valence-corrected chi connectivity index (χ2v) is 6.74. The molecule has 1 saturated heterocycles. The summed E-state index contributed by atoms with van der Waals surface area (Å²) < 4.78 is 5.28. The van der Waals surface area contributed by atoms with Crippen molar-refractivity contribution in [3.63, 3.8) is 0 Å². The van der Waals surface area contributed by atoms with Gasteiger partial charge >= 0.3 is 5.97 Å². The summed E-state index contributed by atoms with van der Waals surface area (Å²) in [7, 11) is 0. The Morgan fingerprint density at radius 1 is 1.09 bits per heavy atom. The number of rotatable bonds is 5. The molecule has 1 aromatic carbocycles. The molecule has 4 nitrogen and oxygen atoms in total. The van der Waals surface area contributed by atoms with Crippen molar-refractivity contribution in [2.24, 2.45) is 5.41 Å². The van der Waals surface area contributed by atoms with E-state index in [9.17, 15) is 9.59 Å². The fourth-order valence-electron chi connectivity index (χ4n) is 3.88. The molecular formula is C19H25NO3. The molecule has 1 saturated carbocycles. The highest BCUT2D eigenvalue weighted by Gasteiger charge is 2.46. The van der Waals surface area contributed by atoms with Crippen molar-refractivity contribution >= 4 is 11.9 Å². The van der Waals surface area contributed by atoms with E-state index in [-0.39, 0.29) is 11.4 Å². The molecular weight excluding hydrogens is 290 g/mol. The topological polar surface area (TPSA) is 46.6 Å². The number of hydrogen-bond acceptors (Lipinski definition) is 3. The Morgan fingerprint density at radius 3 is 2.57 bits per heavy atom. The van der Waals surface area contributed by atoms with E-state index in [4.69, 9.17) is 4.74 Å². The summed E-state index contributed by atoms with van der Waals surface area (Å²) in [5, 5.41) is 0. The van der Waals surface area contributed by atoms with Crippen LogP contribution in [0.1, 0.15) is 55.3 Å². The second kappa shape index (κ2) is 7.16. The van der Waals surface area contributed by atoms with Gasteiger partial charge in [-0.25, -0.2) is 4.79 Å². The van der Waals surface area contributed by atoms with E-state index in [1.165, 1.54) is 19.3 Å². The number of nitrogens with zero attached hydrogens (tertiary/aromatic N) is 1. The highest BCUT2D eigenvalue weighted by Crippen LogP contribution is 2.44. The highest BCUT2D eigenvalue weighted by atomic mass is 16.5. The van der Waals surface area contributed by atoms with E-state index in [0.717, 1.165) is 25.8 Å². The van der Waals surface area contributed by atoms with Crippen LogP contribution in [0.3, 0.4) is 0 Å². The zero-order valence-electron chi connectivity index (χ0n) is 13.6. The molecule has 1 heterocycles. The lowest BCUT2D eigenvalue weighted by Gasteiger charge is -2.31. The third kappa shape index (κ3) is 3.57. The maximum absolute atomic E-state index is 12.7. The Morgan fingerprint density at radius 2 is 1.83 bits per heavy atom. The molecule has 4 heteroatoms. The summed E-state index contributed by atoms with van der Waals surface area (Å²) in [5.74, 6) is 0.0497. The summed E-state index contributed by atoms with van der Waals surface area (Å²) in [6.45, 7) is 1.93. The minimum Gasteiger partial charge on any atom is -0.462 e. The van der Waals surface area contributed by atoms with E-state index in [0.29, 0.717) is 31.0 Å². The maximum atomic E-state index is 12.7. The molecule has 1 aliphatic carbocycles. The van der Waals surface area contributed by atoms with Crippen LogP contribution in [-0.4, -0.2) is 36.5 Å². The standard InChI is InChI=1S/C19H25NO3/c21-17(16-8-3-1-4-9-16)23-15-7-13-20-14-12-19(18(20)22)10-5-2-6-11-19/h1,3-4,8-9H,2,5-7,10-15H2. The summed E-state index contributed by atoms with van der Waals surface area (Å²) in [4.78, 5) is 26.5. The van der Waals surface area contributed by atoms with E-state index >= 15 is 0 Å². The SMILES string of the molecule is O=C(OCCCN1CCC2(CCCCC2)C1=O)c1ccccc1. The van der Waals surface area contributed by atoms with Crippen LogP contribution in [-0.2, 0) is 9.53 Å². The zero-order chi connectivity index (χ0) is 16.1. The van der Waals surface area contributed by atoms with Crippen molar-refractivity contribution in [3.8, 4) is 0 Å². The minimum atomic E-state index is -0.290. The zero-order valence-corrected chi connectivity index (χ0v) is 13.6. The van der Waals surface area contributed by atoms with Gasteiger partial charge in [-0.2, -0.15) is 0 Å². The number of carbonyl (C=O) groups is 2. The monoisotopic (exact) mass is 315 g/mol. The van der Waals surface area contributed by atoms with Crippen LogP contribution in [0.15, 0.2) is 30.3 Å². The molecule has 3 rings (SSSR count). The fraction of sp³-hybridized carbons (Fsp3) is 0.579. The van der Waals surface area contributed by atoms with Gasteiger partial charge in [-0.05, 0) is 37.8 Å². The molecule has 23 heavy (non-hydrogen) atoms. The molecule has 0 atom stereocenters. The van der Waals surface area contributed by atoms with Crippen molar-refractivity contribution < 1.29 is 14.3 Å². The molecule has 2 fully saturated rings. The Bertz CT molecular complexity index is 549. The predicted octanol–water partition coefficient (Wildman–Crippen LogP) is 3.42. The lowest BCUT2D eigenvalue weighted by Crippen LogP contribution is -2.36. The number of esters is 1. The summed E-state index contributed by atoms with van der Waals surface area (Å²) >= 11 is 0. The van der Waals surface area contributed by atoms with Crippen LogP contribution in [0.4, 0.5) is 0 Å². The first kappa shape index (κ1) is 16.0. The lowest BCUT2D eigenvalue weighted by molar-refractivity contribution is -0.137. The largest absolute Gasteiger partial charge is 0.462 e. The molecule has 124 valence electrons. The number of likely N-dealkylation sites (tertiary alicyclic amines) is 1. The molecule has 1 aliphatic heterocycles. The van der Waals surface area contributed by atoms with Crippen LogP contribution in [0.25, 0.3) is 0 Å². The summed E-state index contributed by atoms with van der Waals surface area (Å²) in [6.07, 6.45) is 7.49. The second-order valence-electron chi connectivity index (χ2n) is 6.74. The van der Waals surface area contributed by atoms with E-state index in [2.05, 4.69) is 0 Å². The smallest absolute Gasteiger partial charge is 0.338 e. The first-order chi connectivity index (χ1) is 11.2. The van der Waals surface area contributed by atoms with Crippen molar-refractivity contribution in [1.82, 2.24) is 4.90 Å². The number of hydrogen-bond donors (Lipinski definition) is 0. The number of ether oxygens (including phenoxy) is 1. The summed E-state index contributed by atoms with van der Waals surface area (Å²) in [6, 6.07) is 9.02. The third-order valence-corrected chi connectivity index (χ3v) is 5.23. The molecule has 0 radical (unpaired) electrons. The van der Waals surface area contributed by atoms with Crippen LogP contribution in [0.2, 0.25) is 0 Å². The van der Waals surface area contributed by atoms with Crippen LogP contribution >= 0.6 is 0 Å². The molecule has 1 aromatic rings. The maximum Gasteiger partial charge on any atom is 0.338 e. The normalized spacial score (nSPS) is 20.0. The average molecular weight is 315 g/mol. The molecule has 0 N–H and O–H groups in total. The molecule has 1 spiro atoms. The Hall–Kier alpha value is -1.84. The number of carbonyl (C=O) groups excluding carboxylic acids is 2. The molecule has 0 aromatic heterocycles. The number of amides is 1. The van der Waals surface area contributed by atoms with Crippen molar-refractivity contribution in [2.75, 3.05) is 19.7 Å². The predicted molar refractivity (Wildman–Crippen MR) is 88.1 cm³/mol.